The highest BCUT2D eigenvalue weighted by molar-refractivity contribution is 5.89. The number of benzene rings is 1. The van der Waals surface area contributed by atoms with Gasteiger partial charge in [0.2, 0.25) is 0 Å². The topological polar surface area (TPSA) is 102 Å². The standard InChI is InChI=1S/C12H10F3NO4/c13-12(14,15)6-1-2-7(11(19)20)8(5-6)10(18)9(17)3-4-16/h1-2,5,9-10,17-18H,3H2,(H,19,20). The van der Waals surface area contributed by atoms with Gasteiger partial charge in [-0.1, -0.05) is 0 Å². The summed E-state index contributed by atoms with van der Waals surface area (Å²) in [4.78, 5) is 10.9. The summed E-state index contributed by atoms with van der Waals surface area (Å²) in [6.45, 7) is 0. The van der Waals surface area contributed by atoms with Crippen molar-refractivity contribution >= 4 is 5.97 Å². The Morgan fingerprint density at radius 3 is 2.40 bits per heavy atom. The Kier molecular flexibility index (Phi) is 4.70. The molecule has 3 N–H and O–H groups in total. The second-order valence-corrected chi connectivity index (χ2v) is 3.98. The molecule has 0 aliphatic heterocycles. The normalized spacial score (nSPS) is 14.4. The van der Waals surface area contributed by atoms with Crippen molar-refractivity contribution in [3.8, 4) is 6.07 Å². The predicted molar refractivity (Wildman–Crippen MR) is 59.6 cm³/mol. The lowest BCUT2D eigenvalue weighted by atomic mass is 9.95. The first-order valence-corrected chi connectivity index (χ1v) is 5.36. The van der Waals surface area contributed by atoms with E-state index in [1.807, 2.05) is 0 Å². The zero-order valence-electron chi connectivity index (χ0n) is 9.92. The third kappa shape index (κ3) is 3.46. The predicted octanol–water partition coefficient (Wildman–Crippen LogP) is 1.71. The van der Waals surface area contributed by atoms with E-state index in [4.69, 9.17) is 10.4 Å². The van der Waals surface area contributed by atoms with E-state index in [1.165, 1.54) is 6.07 Å². The molecule has 0 spiro atoms. The number of aromatic carboxylic acids is 1. The fourth-order valence-electron chi connectivity index (χ4n) is 1.59. The summed E-state index contributed by atoms with van der Waals surface area (Å²) in [6, 6.07) is 3.25. The van der Waals surface area contributed by atoms with E-state index in [-0.39, 0.29) is 0 Å². The number of aliphatic hydroxyl groups is 2. The van der Waals surface area contributed by atoms with Crippen LogP contribution in [-0.4, -0.2) is 27.4 Å². The number of alkyl halides is 3. The Morgan fingerprint density at radius 2 is 1.95 bits per heavy atom. The second kappa shape index (κ2) is 5.90. The lowest BCUT2D eigenvalue weighted by molar-refractivity contribution is -0.137. The van der Waals surface area contributed by atoms with Crippen molar-refractivity contribution in [3.05, 3.63) is 34.9 Å². The molecular formula is C12H10F3NO4. The maximum Gasteiger partial charge on any atom is 0.416 e. The number of carboxylic acids is 1. The van der Waals surface area contributed by atoms with Crippen molar-refractivity contribution < 1.29 is 33.3 Å². The van der Waals surface area contributed by atoms with Crippen molar-refractivity contribution in [1.82, 2.24) is 0 Å². The van der Waals surface area contributed by atoms with E-state index < -0.39 is 47.5 Å². The Labute approximate surface area is 111 Å². The van der Waals surface area contributed by atoms with E-state index in [2.05, 4.69) is 0 Å². The summed E-state index contributed by atoms with van der Waals surface area (Å²) in [5, 5.41) is 36.4. The van der Waals surface area contributed by atoms with Gasteiger partial charge in [-0.2, -0.15) is 18.4 Å². The maximum absolute atomic E-state index is 12.6. The highest BCUT2D eigenvalue weighted by atomic mass is 19.4. The molecule has 0 fully saturated rings. The summed E-state index contributed by atoms with van der Waals surface area (Å²) < 4.78 is 37.7. The molecule has 1 rings (SSSR count). The van der Waals surface area contributed by atoms with Crippen molar-refractivity contribution in [2.24, 2.45) is 0 Å². The van der Waals surface area contributed by atoms with Crippen LogP contribution in [-0.2, 0) is 6.18 Å². The van der Waals surface area contributed by atoms with E-state index in [9.17, 15) is 28.2 Å². The molecule has 8 heteroatoms. The Hall–Kier alpha value is -2.11. The monoisotopic (exact) mass is 289 g/mol. The fourth-order valence-corrected chi connectivity index (χ4v) is 1.59. The van der Waals surface area contributed by atoms with Crippen LogP contribution in [0.15, 0.2) is 18.2 Å². The molecule has 1 aromatic carbocycles. The summed E-state index contributed by atoms with van der Waals surface area (Å²) >= 11 is 0. The van der Waals surface area contributed by atoms with Crippen LogP contribution in [0.3, 0.4) is 0 Å². The minimum atomic E-state index is -4.72. The molecule has 0 aliphatic carbocycles. The van der Waals surface area contributed by atoms with Gasteiger partial charge in [-0.3, -0.25) is 0 Å². The smallest absolute Gasteiger partial charge is 0.416 e. The molecule has 0 amide bonds. The number of nitrogens with zero attached hydrogens (tertiary/aromatic N) is 1. The molecule has 5 nitrogen and oxygen atoms in total. The summed E-state index contributed by atoms with van der Waals surface area (Å²) in [5.74, 6) is -1.54. The first-order valence-electron chi connectivity index (χ1n) is 5.36. The molecule has 2 unspecified atom stereocenters. The van der Waals surface area contributed by atoms with Crippen molar-refractivity contribution in [3.63, 3.8) is 0 Å². The average Bonchev–Trinajstić information content (AvgIpc) is 2.36. The van der Waals surface area contributed by atoms with Gasteiger partial charge in [0.15, 0.2) is 0 Å². The highest BCUT2D eigenvalue weighted by Gasteiger charge is 2.33. The number of nitriles is 1. The average molecular weight is 289 g/mol. The van der Waals surface area contributed by atoms with Gasteiger partial charge in [0.1, 0.15) is 6.10 Å². The number of rotatable bonds is 4. The van der Waals surface area contributed by atoms with Gasteiger partial charge in [-0.15, -0.1) is 0 Å². The molecule has 0 aromatic heterocycles. The summed E-state index contributed by atoms with van der Waals surface area (Å²) in [6.07, 6.45) is -8.84. The van der Waals surface area contributed by atoms with Gasteiger partial charge in [-0.25, -0.2) is 4.79 Å². The van der Waals surface area contributed by atoms with Crippen LogP contribution in [0.5, 0.6) is 0 Å². The SMILES string of the molecule is N#CCC(O)C(O)c1cc(C(F)(F)F)ccc1C(=O)O. The molecule has 108 valence electrons. The molecule has 1 aromatic rings. The van der Waals surface area contributed by atoms with Crippen LogP contribution >= 0.6 is 0 Å². The first-order chi connectivity index (χ1) is 9.18. The minimum Gasteiger partial charge on any atom is -0.478 e. The summed E-state index contributed by atoms with van der Waals surface area (Å²) in [5.41, 5.74) is -2.31. The van der Waals surface area contributed by atoms with Crippen molar-refractivity contribution in [2.45, 2.75) is 24.8 Å². The van der Waals surface area contributed by atoms with Crippen LogP contribution < -0.4 is 0 Å². The number of carbonyl (C=O) groups is 1. The minimum absolute atomic E-state index is 0.453. The van der Waals surface area contributed by atoms with Crippen LogP contribution in [0.2, 0.25) is 0 Å². The Morgan fingerprint density at radius 1 is 1.35 bits per heavy atom. The van der Waals surface area contributed by atoms with E-state index >= 15 is 0 Å². The van der Waals surface area contributed by atoms with E-state index in [0.717, 1.165) is 0 Å². The Balaban J connectivity index is 3.33. The molecule has 20 heavy (non-hydrogen) atoms. The molecule has 0 aliphatic rings. The van der Waals surface area contributed by atoms with Gasteiger partial charge in [0, 0.05) is 0 Å². The number of aliphatic hydroxyl groups excluding tert-OH is 2. The largest absolute Gasteiger partial charge is 0.478 e. The number of halogens is 3. The van der Waals surface area contributed by atoms with Crippen LogP contribution in [0.1, 0.15) is 34.0 Å². The van der Waals surface area contributed by atoms with Gasteiger partial charge in [-0.05, 0) is 23.8 Å². The zero-order valence-corrected chi connectivity index (χ0v) is 9.92. The first kappa shape index (κ1) is 15.9. The fraction of sp³-hybridized carbons (Fsp3) is 0.333. The Bertz CT molecular complexity index is 551. The van der Waals surface area contributed by atoms with Gasteiger partial charge < -0.3 is 15.3 Å². The number of hydrogen-bond acceptors (Lipinski definition) is 4. The van der Waals surface area contributed by atoms with Gasteiger partial charge >= 0.3 is 12.1 Å². The lowest BCUT2D eigenvalue weighted by Gasteiger charge is -2.19. The van der Waals surface area contributed by atoms with Crippen LogP contribution in [0.25, 0.3) is 0 Å². The third-order valence-electron chi connectivity index (χ3n) is 2.59. The van der Waals surface area contributed by atoms with E-state index in [1.54, 1.807) is 0 Å². The van der Waals surface area contributed by atoms with Gasteiger partial charge in [0.25, 0.3) is 0 Å². The molecule has 0 saturated heterocycles. The quantitative estimate of drug-likeness (QED) is 0.783. The van der Waals surface area contributed by atoms with E-state index in [0.29, 0.717) is 18.2 Å². The van der Waals surface area contributed by atoms with Crippen LogP contribution in [0, 0.1) is 11.3 Å². The number of carboxylic acid groups (broad SMARTS) is 1. The molecule has 0 saturated carbocycles. The highest BCUT2D eigenvalue weighted by Crippen LogP contribution is 2.33. The lowest BCUT2D eigenvalue weighted by Crippen LogP contribution is -2.21. The van der Waals surface area contributed by atoms with Crippen molar-refractivity contribution in [1.29, 1.82) is 5.26 Å². The second-order valence-electron chi connectivity index (χ2n) is 3.98. The molecule has 0 radical (unpaired) electrons. The molecule has 2 atom stereocenters. The molecule has 0 bridgehead atoms. The number of hydrogen-bond donors (Lipinski definition) is 3. The van der Waals surface area contributed by atoms with Crippen molar-refractivity contribution in [2.75, 3.05) is 0 Å². The maximum atomic E-state index is 12.6. The zero-order chi connectivity index (χ0) is 15.5. The summed E-state index contributed by atoms with van der Waals surface area (Å²) in [7, 11) is 0. The van der Waals surface area contributed by atoms with Gasteiger partial charge in [0.05, 0.1) is 29.7 Å². The molecular weight excluding hydrogens is 279 g/mol. The molecule has 0 heterocycles. The van der Waals surface area contributed by atoms with Crippen LogP contribution in [0.4, 0.5) is 13.2 Å². The third-order valence-corrected chi connectivity index (χ3v) is 2.59.